The Bertz CT molecular complexity index is 806. The summed E-state index contributed by atoms with van der Waals surface area (Å²) >= 11 is 0. The molecule has 0 radical (unpaired) electrons. The van der Waals surface area contributed by atoms with Crippen LogP contribution in [0.4, 0.5) is 5.69 Å². The molecule has 11 nitrogen and oxygen atoms in total. The van der Waals surface area contributed by atoms with Gasteiger partial charge in [0.2, 0.25) is 0 Å². The quantitative estimate of drug-likeness (QED) is 0.157. The van der Waals surface area contributed by atoms with Gasteiger partial charge in [0.05, 0.1) is 10.3 Å². The third-order valence-corrected chi connectivity index (χ3v) is 3.21. The molecule has 1 atom stereocenters. The van der Waals surface area contributed by atoms with Crippen molar-refractivity contribution in [1.29, 1.82) is 0 Å². The van der Waals surface area contributed by atoms with E-state index >= 15 is 0 Å². The summed E-state index contributed by atoms with van der Waals surface area (Å²) in [6.07, 6.45) is 2.43. The lowest BCUT2D eigenvalue weighted by atomic mass is 10.2. The SMILES string of the molecule is NC(N)=NCCC[C@H](N)C(=O)O.O=[N+]([O-])c1ccc(O)c2ncccc12. The van der Waals surface area contributed by atoms with E-state index in [0.717, 1.165) is 0 Å². The van der Waals surface area contributed by atoms with Crippen LogP contribution in [-0.2, 0) is 4.79 Å². The van der Waals surface area contributed by atoms with Gasteiger partial charge in [-0.15, -0.1) is 0 Å². The second-order valence-corrected chi connectivity index (χ2v) is 5.15. The number of hydrogen-bond donors (Lipinski definition) is 5. The fourth-order valence-corrected chi connectivity index (χ4v) is 1.94. The van der Waals surface area contributed by atoms with Crippen molar-refractivity contribution in [3.8, 4) is 5.75 Å². The van der Waals surface area contributed by atoms with Gasteiger partial charge in [-0.05, 0) is 31.0 Å². The van der Waals surface area contributed by atoms with Crippen LogP contribution in [0.1, 0.15) is 12.8 Å². The normalized spacial score (nSPS) is 11.1. The zero-order valence-electron chi connectivity index (χ0n) is 13.8. The van der Waals surface area contributed by atoms with E-state index in [9.17, 15) is 20.0 Å². The summed E-state index contributed by atoms with van der Waals surface area (Å²) in [5, 5.41) is 28.7. The first-order chi connectivity index (χ1) is 12.2. The van der Waals surface area contributed by atoms with E-state index in [1.807, 2.05) is 0 Å². The van der Waals surface area contributed by atoms with Crippen molar-refractivity contribution in [2.24, 2.45) is 22.2 Å². The average molecular weight is 364 g/mol. The Morgan fingerprint density at radius 2 is 2.04 bits per heavy atom. The highest BCUT2D eigenvalue weighted by atomic mass is 16.6. The van der Waals surface area contributed by atoms with Crippen molar-refractivity contribution in [3.05, 3.63) is 40.6 Å². The number of nitrogens with zero attached hydrogens (tertiary/aromatic N) is 3. The van der Waals surface area contributed by atoms with E-state index in [1.165, 1.54) is 18.3 Å². The summed E-state index contributed by atoms with van der Waals surface area (Å²) in [4.78, 5) is 27.9. The lowest BCUT2D eigenvalue weighted by Gasteiger charge is -2.03. The topological polar surface area (TPSA) is 204 Å². The van der Waals surface area contributed by atoms with Crippen LogP contribution in [-0.4, -0.2) is 44.6 Å². The second-order valence-electron chi connectivity index (χ2n) is 5.15. The van der Waals surface area contributed by atoms with Gasteiger partial charge in [0.1, 0.15) is 17.3 Å². The summed E-state index contributed by atoms with van der Waals surface area (Å²) < 4.78 is 0. The van der Waals surface area contributed by atoms with Gasteiger partial charge < -0.3 is 27.4 Å². The highest BCUT2D eigenvalue weighted by Crippen LogP contribution is 2.29. The molecule has 0 aliphatic carbocycles. The fraction of sp³-hybridized carbons (Fsp3) is 0.267. The van der Waals surface area contributed by atoms with Gasteiger partial charge in [0.25, 0.3) is 5.69 Å². The number of carbonyl (C=O) groups is 1. The van der Waals surface area contributed by atoms with Crippen molar-refractivity contribution >= 4 is 28.5 Å². The summed E-state index contributed by atoms with van der Waals surface area (Å²) in [6.45, 7) is 0.420. The van der Waals surface area contributed by atoms with Crippen molar-refractivity contribution in [2.45, 2.75) is 18.9 Å². The van der Waals surface area contributed by atoms with E-state index < -0.39 is 16.9 Å². The first-order valence-corrected chi connectivity index (χ1v) is 7.49. The Morgan fingerprint density at radius 3 is 2.62 bits per heavy atom. The standard InChI is InChI=1S/C9H6N2O3.C6H14N4O2/c12-8-4-3-7(11(13)14)6-2-1-5-10-9(6)8;7-4(5(11)12)2-1-3-10-6(8)9/h1-5,12H;4H,1-3,7H2,(H,11,12)(H4,8,9,10)/t;4-/m.0/s1. The summed E-state index contributed by atoms with van der Waals surface area (Å²) in [6, 6.07) is 4.86. The number of non-ortho nitro benzene ring substituents is 1. The Morgan fingerprint density at radius 1 is 1.35 bits per heavy atom. The number of benzene rings is 1. The zero-order chi connectivity index (χ0) is 19.7. The molecule has 26 heavy (non-hydrogen) atoms. The number of nitrogens with two attached hydrogens (primary N) is 3. The highest BCUT2D eigenvalue weighted by Gasteiger charge is 2.13. The smallest absolute Gasteiger partial charge is 0.320 e. The maximum Gasteiger partial charge on any atom is 0.320 e. The number of nitro groups is 1. The molecule has 1 heterocycles. The molecule has 140 valence electrons. The van der Waals surface area contributed by atoms with Crippen LogP contribution in [0.2, 0.25) is 0 Å². The predicted octanol–water partition coefficient (Wildman–Crippen LogP) is 0.301. The Hall–Kier alpha value is -3.47. The molecule has 11 heteroatoms. The van der Waals surface area contributed by atoms with Gasteiger partial charge in [-0.25, -0.2) is 0 Å². The van der Waals surface area contributed by atoms with Crippen LogP contribution < -0.4 is 17.2 Å². The number of guanidine groups is 1. The number of aliphatic imine (C=N–C) groups is 1. The number of phenolic OH excluding ortho intramolecular Hbond substituents is 1. The minimum Gasteiger partial charge on any atom is -0.506 e. The Kier molecular flexibility index (Phi) is 7.70. The van der Waals surface area contributed by atoms with Crippen LogP contribution in [0.15, 0.2) is 35.5 Å². The molecule has 0 aliphatic heterocycles. The first-order valence-electron chi connectivity index (χ1n) is 7.49. The molecule has 2 rings (SSSR count). The molecule has 1 aromatic heterocycles. The van der Waals surface area contributed by atoms with Gasteiger partial charge in [-0.3, -0.25) is 24.9 Å². The first kappa shape index (κ1) is 20.6. The van der Waals surface area contributed by atoms with E-state index in [-0.39, 0.29) is 22.9 Å². The van der Waals surface area contributed by atoms with Gasteiger partial charge in [0, 0.05) is 18.8 Å². The lowest BCUT2D eigenvalue weighted by Crippen LogP contribution is -2.30. The maximum absolute atomic E-state index is 10.6. The van der Waals surface area contributed by atoms with E-state index in [2.05, 4.69) is 9.98 Å². The van der Waals surface area contributed by atoms with Gasteiger partial charge in [-0.1, -0.05) is 0 Å². The maximum atomic E-state index is 10.6. The number of aliphatic carboxylic acids is 1. The number of rotatable bonds is 6. The Balaban J connectivity index is 0.000000265. The molecule has 0 amide bonds. The molecule has 8 N–H and O–H groups in total. The molecular formula is C15H20N6O5. The van der Waals surface area contributed by atoms with Gasteiger partial charge >= 0.3 is 5.97 Å². The van der Waals surface area contributed by atoms with Gasteiger partial charge in [0.15, 0.2) is 5.96 Å². The van der Waals surface area contributed by atoms with E-state index in [1.54, 1.807) is 12.1 Å². The summed E-state index contributed by atoms with van der Waals surface area (Å²) in [5.41, 5.74) is 15.5. The number of aromatic hydroxyl groups is 1. The number of phenols is 1. The number of aromatic nitrogens is 1. The molecule has 0 spiro atoms. The van der Waals surface area contributed by atoms with Crippen molar-refractivity contribution in [2.75, 3.05) is 6.54 Å². The van der Waals surface area contributed by atoms with Crippen LogP contribution >= 0.6 is 0 Å². The minimum atomic E-state index is -1.00. The van der Waals surface area contributed by atoms with E-state index in [0.29, 0.717) is 24.8 Å². The number of carboxylic acid groups (broad SMARTS) is 1. The average Bonchev–Trinajstić information content (AvgIpc) is 2.59. The number of hydrogen-bond acceptors (Lipinski definition) is 7. The monoisotopic (exact) mass is 364 g/mol. The Labute approximate surface area is 148 Å². The molecule has 0 aliphatic rings. The fourth-order valence-electron chi connectivity index (χ4n) is 1.94. The largest absolute Gasteiger partial charge is 0.506 e. The molecular weight excluding hydrogens is 344 g/mol. The minimum absolute atomic E-state index is 0.0129. The second kappa shape index (κ2) is 9.74. The highest BCUT2D eigenvalue weighted by molar-refractivity contribution is 5.91. The van der Waals surface area contributed by atoms with Crippen molar-refractivity contribution < 1.29 is 19.9 Å². The third kappa shape index (κ3) is 6.20. The third-order valence-electron chi connectivity index (χ3n) is 3.21. The molecule has 0 saturated heterocycles. The summed E-state index contributed by atoms with van der Waals surface area (Å²) in [5.74, 6) is -1.04. The molecule has 2 aromatic rings. The molecule has 1 aromatic carbocycles. The van der Waals surface area contributed by atoms with Crippen molar-refractivity contribution in [3.63, 3.8) is 0 Å². The van der Waals surface area contributed by atoms with Crippen LogP contribution in [0.25, 0.3) is 10.9 Å². The molecule has 0 bridgehead atoms. The van der Waals surface area contributed by atoms with Crippen LogP contribution in [0.3, 0.4) is 0 Å². The number of fused-ring (bicyclic) bond motifs is 1. The van der Waals surface area contributed by atoms with Crippen LogP contribution in [0, 0.1) is 10.1 Å². The summed E-state index contributed by atoms with van der Waals surface area (Å²) in [7, 11) is 0. The van der Waals surface area contributed by atoms with Gasteiger partial charge in [-0.2, -0.15) is 0 Å². The molecule has 0 unspecified atom stereocenters. The molecule has 0 saturated carbocycles. The number of nitro benzene ring substituents is 1. The molecule has 0 fully saturated rings. The predicted molar refractivity (Wildman–Crippen MR) is 95.6 cm³/mol. The number of pyridine rings is 1. The van der Waals surface area contributed by atoms with Crippen LogP contribution in [0.5, 0.6) is 5.75 Å². The van der Waals surface area contributed by atoms with E-state index in [4.69, 9.17) is 22.3 Å². The lowest BCUT2D eigenvalue weighted by molar-refractivity contribution is -0.383. The van der Waals surface area contributed by atoms with Crippen molar-refractivity contribution in [1.82, 2.24) is 4.98 Å². The number of carboxylic acids is 1. The zero-order valence-corrected chi connectivity index (χ0v) is 13.8.